The van der Waals surface area contributed by atoms with E-state index in [0.717, 1.165) is 28.6 Å². The second-order valence-electron chi connectivity index (χ2n) is 6.50. The lowest BCUT2D eigenvalue weighted by atomic mass is 9.84. The molecule has 3 aromatic rings. The Morgan fingerprint density at radius 1 is 1.04 bits per heavy atom. The first-order valence-corrected chi connectivity index (χ1v) is 7.35. The number of aromatic nitrogens is 2. The quantitative estimate of drug-likeness (QED) is 0.638. The SMILES string of the molecule is Cc1ccc2c(cnn2CC(C)(C)c2cc(F)c(F)c(F)c2)c1. The van der Waals surface area contributed by atoms with E-state index in [1.807, 2.05) is 39.0 Å². The van der Waals surface area contributed by atoms with Crippen LogP contribution in [0.4, 0.5) is 13.2 Å². The molecule has 0 bridgehead atoms. The van der Waals surface area contributed by atoms with Gasteiger partial charge in [-0.1, -0.05) is 25.5 Å². The van der Waals surface area contributed by atoms with Crippen molar-refractivity contribution < 1.29 is 13.2 Å². The summed E-state index contributed by atoms with van der Waals surface area (Å²) in [6.45, 7) is 6.12. The summed E-state index contributed by atoms with van der Waals surface area (Å²) in [6.07, 6.45) is 1.77. The summed E-state index contributed by atoms with van der Waals surface area (Å²) in [5.41, 5.74) is 1.87. The van der Waals surface area contributed by atoms with Gasteiger partial charge >= 0.3 is 0 Å². The third-order valence-corrected chi connectivity index (χ3v) is 4.11. The number of benzene rings is 2. The molecular formula is C18H17F3N2. The van der Waals surface area contributed by atoms with Gasteiger partial charge in [0.2, 0.25) is 0 Å². The van der Waals surface area contributed by atoms with E-state index < -0.39 is 22.9 Å². The molecule has 0 spiro atoms. The minimum absolute atomic E-state index is 0.393. The third-order valence-electron chi connectivity index (χ3n) is 4.11. The van der Waals surface area contributed by atoms with Crippen LogP contribution >= 0.6 is 0 Å². The zero-order valence-corrected chi connectivity index (χ0v) is 13.2. The molecule has 0 atom stereocenters. The van der Waals surface area contributed by atoms with Crippen LogP contribution in [-0.2, 0) is 12.0 Å². The Kier molecular flexibility index (Phi) is 3.66. The second-order valence-corrected chi connectivity index (χ2v) is 6.50. The molecule has 0 radical (unpaired) electrons. The maximum absolute atomic E-state index is 13.5. The molecule has 3 rings (SSSR count). The predicted octanol–water partition coefficient (Wildman–Crippen LogP) is 4.74. The normalized spacial score (nSPS) is 12.1. The van der Waals surface area contributed by atoms with Gasteiger partial charge in [0.15, 0.2) is 17.5 Å². The first kappa shape index (κ1) is 15.6. The lowest BCUT2D eigenvalue weighted by molar-refractivity contribution is 0.400. The van der Waals surface area contributed by atoms with Crippen LogP contribution in [-0.4, -0.2) is 9.78 Å². The van der Waals surface area contributed by atoms with E-state index in [-0.39, 0.29) is 0 Å². The van der Waals surface area contributed by atoms with Crippen molar-refractivity contribution in [3.63, 3.8) is 0 Å². The van der Waals surface area contributed by atoms with Crippen molar-refractivity contribution >= 4 is 10.9 Å². The summed E-state index contributed by atoms with van der Waals surface area (Å²) < 4.78 is 42.0. The van der Waals surface area contributed by atoms with Gasteiger partial charge in [0.1, 0.15) is 0 Å². The Balaban J connectivity index is 1.99. The molecular weight excluding hydrogens is 301 g/mol. The fraction of sp³-hybridized carbons (Fsp3) is 0.278. The Morgan fingerprint density at radius 3 is 2.35 bits per heavy atom. The predicted molar refractivity (Wildman–Crippen MR) is 83.8 cm³/mol. The van der Waals surface area contributed by atoms with Crippen molar-refractivity contribution in [2.75, 3.05) is 0 Å². The molecule has 0 unspecified atom stereocenters. The van der Waals surface area contributed by atoms with E-state index >= 15 is 0 Å². The zero-order valence-electron chi connectivity index (χ0n) is 13.2. The van der Waals surface area contributed by atoms with E-state index in [0.29, 0.717) is 12.1 Å². The smallest absolute Gasteiger partial charge is 0.194 e. The van der Waals surface area contributed by atoms with Gasteiger partial charge in [0, 0.05) is 10.8 Å². The van der Waals surface area contributed by atoms with E-state index in [1.54, 1.807) is 10.9 Å². The number of halogens is 3. The van der Waals surface area contributed by atoms with Gasteiger partial charge in [-0.15, -0.1) is 0 Å². The van der Waals surface area contributed by atoms with Crippen LogP contribution in [0.25, 0.3) is 10.9 Å². The van der Waals surface area contributed by atoms with Crippen molar-refractivity contribution in [1.29, 1.82) is 0 Å². The first-order valence-electron chi connectivity index (χ1n) is 7.35. The first-order chi connectivity index (χ1) is 10.8. The van der Waals surface area contributed by atoms with Gasteiger partial charge in [-0.2, -0.15) is 5.10 Å². The largest absolute Gasteiger partial charge is 0.264 e. The Hall–Kier alpha value is -2.30. The van der Waals surface area contributed by atoms with E-state index in [4.69, 9.17) is 0 Å². The summed E-state index contributed by atoms with van der Waals surface area (Å²) >= 11 is 0. The van der Waals surface area contributed by atoms with Gasteiger partial charge in [-0.25, -0.2) is 13.2 Å². The van der Waals surface area contributed by atoms with Crippen LogP contribution in [0.1, 0.15) is 25.0 Å². The van der Waals surface area contributed by atoms with Crippen LogP contribution in [0, 0.1) is 24.4 Å². The molecule has 5 heteroatoms. The number of hydrogen-bond acceptors (Lipinski definition) is 1. The summed E-state index contributed by atoms with van der Waals surface area (Å²) in [5.74, 6) is -3.78. The topological polar surface area (TPSA) is 17.8 Å². The Morgan fingerprint density at radius 2 is 1.70 bits per heavy atom. The lowest BCUT2D eigenvalue weighted by Gasteiger charge is -2.26. The van der Waals surface area contributed by atoms with Crippen LogP contribution in [0.2, 0.25) is 0 Å². The summed E-state index contributed by atoms with van der Waals surface area (Å²) in [5, 5.41) is 5.38. The molecule has 1 heterocycles. The molecule has 23 heavy (non-hydrogen) atoms. The van der Waals surface area contributed by atoms with E-state index in [2.05, 4.69) is 5.10 Å². The third kappa shape index (κ3) is 2.83. The zero-order chi connectivity index (χ0) is 16.8. The molecule has 120 valence electrons. The number of aryl methyl sites for hydroxylation is 1. The molecule has 0 aliphatic heterocycles. The van der Waals surface area contributed by atoms with E-state index in [9.17, 15) is 13.2 Å². The number of nitrogens with zero attached hydrogens (tertiary/aromatic N) is 2. The van der Waals surface area contributed by atoms with Crippen molar-refractivity contribution in [3.8, 4) is 0 Å². The Labute approximate surface area is 132 Å². The fourth-order valence-corrected chi connectivity index (χ4v) is 2.74. The van der Waals surface area contributed by atoms with Crippen LogP contribution in [0.5, 0.6) is 0 Å². The fourth-order valence-electron chi connectivity index (χ4n) is 2.74. The van der Waals surface area contributed by atoms with Gasteiger partial charge < -0.3 is 0 Å². The van der Waals surface area contributed by atoms with Crippen LogP contribution < -0.4 is 0 Å². The number of rotatable bonds is 3. The van der Waals surface area contributed by atoms with Crippen molar-refractivity contribution in [1.82, 2.24) is 9.78 Å². The molecule has 0 fully saturated rings. The number of hydrogen-bond donors (Lipinski definition) is 0. The van der Waals surface area contributed by atoms with Gasteiger partial charge in [0.25, 0.3) is 0 Å². The molecule has 0 aliphatic rings. The molecule has 0 saturated heterocycles. The minimum Gasteiger partial charge on any atom is -0.264 e. The van der Waals surface area contributed by atoms with Crippen molar-refractivity contribution in [2.24, 2.45) is 0 Å². The van der Waals surface area contributed by atoms with Gasteiger partial charge in [0.05, 0.1) is 18.3 Å². The monoisotopic (exact) mass is 318 g/mol. The highest BCUT2D eigenvalue weighted by molar-refractivity contribution is 5.79. The summed E-state index contributed by atoms with van der Waals surface area (Å²) in [4.78, 5) is 0. The maximum Gasteiger partial charge on any atom is 0.194 e. The lowest BCUT2D eigenvalue weighted by Crippen LogP contribution is -2.25. The standard InChI is InChI=1S/C18H17F3N2/c1-11-4-5-16-12(6-11)9-22-23(16)10-18(2,3)13-7-14(19)17(21)15(20)8-13/h4-9H,10H2,1-3H3. The molecule has 0 amide bonds. The van der Waals surface area contributed by atoms with Crippen LogP contribution in [0.3, 0.4) is 0 Å². The minimum atomic E-state index is -1.44. The average molecular weight is 318 g/mol. The van der Waals surface area contributed by atoms with Gasteiger partial charge in [-0.3, -0.25) is 4.68 Å². The second kappa shape index (κ2) is 5.41. The van der Waals surface area contributed by atoms with E-state index in [1.165, 1.54) is 0 Å². The number of fused-ring (bicyclic) bond motifs is 1. The molecule has 0 saturated carbocycles. The summed E-state index contributed by atoms with van der Waals surface area (Å²) in [6, 6.07) is 8.09. The highest BCUT2D eigenvalue weighted by Gasteiger charge is 2.25. The molecule has 1 aromatic heterocycles. The highest BCUT2D eigenvalue weighted by atomic mass is 19.2. The maximum atomic E-state index is 13.5. The highest BCUT2D eigenvalue weighted by Crippen LogP contribution is 2.29. The van der Waals surface area contributed by atoms with Crippen molar-refractivity contribution in [2.45, 2.75) is 32.7 Å². The average Bonchev–Trinajstić information content (AvgIpc) is 2.85. The van der Waals surface area contributed by atoms with Gasteiger partial charge in [-0.05, 0) is 36.8 Å². The molecule has 2 aromatic carbocycles. The Bertz CT molecular complexity index is 858. The molecule has 2 nitrogen and oxygen atoms in total. The summed E-state index contributed by atoms with van der Waals surface area (Å²) in [7, 11) is 0. The van der Waals surface area contributed by atoms with Crippen LogP contribution in [0.15, 0.2) is 36.5 Å². The van der Waals surface area contributed by atoms with Crippen molar-refractivity contribution in [3.05, 3.63) is 65.1 Å². The molecule has 0 N–H and O–H groups in total. The molecule has 0 aliphatic carbocycles.